The molecule has 4 heteroatoms. The van der Waals surface area contributed by atoms with E-state index in [9.17, 15) is 4.79 Å². The Morgan fingerprint density at radius 2 is 2.00 bits per heavy atom. The zero-order valence-electron chi connectivity index (χ0n) is 11.5. The van der Waals surface area contributed by atoms with Crippen LogP contribution in [0.2, 0.25) is 0 Å². The number of ether oxygens (including phenoxy) is 1. The van der Waals surface area contributed by atoms with Gasteiger partial charge in [0.15, 0.2) is 0 Å². The molecule has 18 heavy (non-hydrogen) atoms. The molecule has 1 aromatic rings. The van der Waals surface area contributed by atoms with Gasteiger partial charge in [-0.1, -0.05) is 6.07 Å². The second-order valence-corrected chi connectivity index (χ2v) is 4.70. The van der Waals surface area contributed by atoms with Gasteiger partial charge in [0.05, 0.1) is 12.7 Å². The lowest BCUT2D eigenvalue weighted by Crippen LogP contribution is -2.28. The Morgan fingerprint density at radius 1 is 1.33 bits per heavy atom. The van der Waals surface area contributed by atoms with Gasteiger partial charge >= 0.3 is 0 Å². The Labute approximate surface area is 109 Å². The monoisotopic (exact) mass is 250 g/mol. The molecule has 100 valence electrons. The smallest absolute Gasteiger partial charge is 0.251 e. The van der Waals surface area contributed by atoms with E-state index in [0.717, 1.165) is 11.1 Å². The minimum absolute atomic E-state index is 0.105. The summed E-state index contributed by atoms with van der Waals surface area (Å²) >= 11 is 0. The average molecular weight is 250 g/mol. The second kappa shape index (κ2) is 6.40. The number of carbonyl (C=O) groups excluding carboxylic acids is 1. The van der Waals surface area contributed by atoms with Gasteiger partial charge in [-0.05, 0) is 44.9 Å². The highest BCUT2D eigenvalue weighted by atomic mass is 16.5. The van der Waals surface area contributed by atoms with E-state index in [1.807, 2.05) is 33.8 Å². The largest absolute Gasteiger partial charge is 0.398 e. The third kappa shape index (κ3) is 4.04. The number of hydrogen-bond acceptors (Lipinski definition) is 3. The summed E-state index contributed by atoms with van der Waals surface area (Å²) in [6.07, 6.45) is 0.179. The summed E-state index contributed by atoms with van der Waals surface area (Å²) in [5.74, 6) is -0.105. The van der Waals surface area contributed by atoms with Crippen LogP contribution in [0, 0.1) is 13.8 Å². The number of aryl methyl sites for hydroxylation is 2. The first-order chi connectivity index (χ1) is 8.41. The Hall–Kier alpha value is -1.55. The van der Waals surface area contributed by atoms with Gasteiger partial charge in [-0.2, -0.15) is 0 Å². The van der Waals surface area contributed by atoms with Gasteiger partial charge in [0.1, 0.15) is 0 Å². The van der Waals surface area contributed by atoms with Crippen molar-refractivity contribution in [3.8, 4) is 0 Å². The molecule has 1 rings (SSSR count). The molecule has 0 aliphatic heterocycles. The topological polar surface area (TPSA) is 64.3 Å². The van der Waals surface area contributed by atoms with Crippen LogP contribution >= 0.6 is 0 Å². The Morgan fingerprint density at radius 3 is 2.61 bits per heavy atom. The molecule has 0 heterocycles. The van der Waals surface area contributed by atoms with Gasteiger partial charge in [-0.25, -0.2) is 0 Å². The molecular formula is C14H22N2O2. The number of nitrogens with two attached hydrogens (primary N) is 1. The quantitative estimate of drug-likeness (QED) is 0.621. The number of hydrogen-bond donors (Lipinski definition) is 2. The Kier molecular flexibility index (Phi) is 5.16. The highest BCUT2D eigenvalue weighted by molar-refractivity contribution is 5.96. The van der Waals surface area contributed by atoms with Crippen LogP contribution in [-0.4, -0.2) is 25.2 Å². The zero-order valence-corrected chi connectivity index (χ0v) is 11.5. The highest BCUT2D eigenvalue weighted by Gasteiger charge is 2.10. The maximum Gasteiger partial charge on any atom is 0.251 e. The van der Waals surface area contributed by atoms with Crippen molar-refractivity contribution in [3.63, 3.8) is 0 Å². The molecule has 0 aliphatic carbocycles. The molecule has 0 fully saturated rings. The molecule has 0 bridgehead atoms. The third-order valence-electron chi connectivity index (χ3n) is 2.70. The number of anilines is 1. The van der Waals surface area contributed by atoms with E-state index >= 15 is 0 Å². The van der Waals surface area contributed by atoms with Gasteiger partial charge in [0, 0.05) is 17.8 Å². The van der Waals surface area contributed by atoms with E-state index in [4.69, 9.17) is 10.5 Å². The van der Waals surface area contributed by atoms with Crippen molar-refractivity contribution in [1.29, 1.82) is 0 Å². The SMILES string of the molecule is Cc1cc(C)c(C(=O)NCCOC(C)C)cc1N. The molecule has 0 saturated carbocycles. The van der Waals surface area contributed by atoms with Crippen LogP contribution in [0.4, 0.5) is 5.69 Å². The lowest BCUT2D eigenvalue weighted by molar-refractivity contribution is 0.0746. The molecule has 0 unspecified atom stereocenters. The number of benzene rings is 1. The third-order valence-corrected chi connectivity index (χ3v) is 2.70. The van der Waals surface area contributed by atoms with E-state index in [-0.39, 0.29) is 12.0 Å². The van der Waals surface area contributed by atoms with E-state index in [1.165, 1.54) is 0 Å². The van der Waals surface area contributed by atoms with Crippen LogP contribution in [0.5, 0.6) is 0 Å². The first kappa shape index (κ1) is 14.5. The number of rotatable bonds is 5. The average Bonchev–Trinajstić information content (AvgIpc) is 2.28. The van der Waals surface area contributed by atoms with E-state index < -0.39 is 0 Å². The van der Waals surface area contributed by atoms with Gasteiger partial charge < -0.3 is 15.8 Å². The summed E-state index contributed by atoms with van der Waals surface area (Å²) in [6.45, 7) is 8.79. The van der Waals surface area contributed by atoms with Crippen LogP contribution in [0.15, 0.2) is 12.1 Å². The van der Waals surface area contributed by atoms with E-state index in [2.05, 4.69) is 5.32 Å². The fraction of sp³-hybridized carbons (Fsp3) is 0.500. The lowest BCUT2D eigenvalue weighted by atomic mass is 10.0. The van der Waals surface area contributed by atoms with Gasteiger partial charge in [0.2, 0.25) is 0 Å². The predicted molar refractivity (Wildman–Crippen MR) is 73.7 cm³/mol. The van der Waals surface area contributed by atoms with Gasteiger partial charge in [-0.15, -0.1) is 0 Å². The Balaban J connectivity index is 2.59. The minimum Gasteiger partial charge on any atom is -0.398 e. The van der Waals surface area contributed by atoms with Gasteiger partial charge in [0.25, 0.3) is 5.91 Å². The molecule has 4 nitrogen and oxygen atoms in total. The van der Waals surface area contributed by atoms with E-state index in [1.54, 1.807) is 6.07 Å². The van der Waals surface area contributed by atoms with Crippen molar-refractivity contribution in [3.05, 3.63) is 28.8 Å². The van der Waals surface area contributed by atoms with Crippen molar-refractivity contribution in [1.82, 2.24) is 5.32 Å². The van der Waals surface area contributed by atoms with Crippen LogP contribution in [0.1, 0.15) is 35.3 Å². The highest BCUT2D eigenvalue weighted by Crippen LogP contribution is 2.17. The van der Waals surface area contributed by atoms with Crippen molar-refractivity contribution in [2.75, 3.05) is 18.9 Å². The first-order valence-corrected chi connectivity index (χ1v) is 6.18. The summed E-state index contributed by atoms with van der Waals surface area (Å²) in [4.78, 5) is 12.0. The summed E-state index contributed by atoms with van der Waals surface area (Å²) in [5.41, 5.74) is 9.01. The standard InChI is InChI=1S/C14H22N2O2/c1-9(2)18-6-5-16-14(17)12-8-13(15)11(4)7-10(12)3/h7-9H,5-6,15H2,1-4H3,(H,16,17). The van der Waals surface area contributed by atoms with Gasteiger partial charge in [-0.3, -0.25) is 4.79 Å². The maximum absolute atomic E-state index is 12.0. The van der Waals surface area contributed by atoms with Crippen molar-refractivity contribution >= 4 is 11.6 Å². The fourth-order valence-electron chi connectivity index (χ4n) is 1.67. The van der Waals surface area contributed by atoms with E-state index in [0.29, 0.717) is 24.4 Å². The van der Waals surface area contributed by atoms with Crippen molar-refractivity contribution < 1.29 is 9.53 Å². The molecule has 0 saturated heterocycles. The lowest BCUT2D eigenvalue weighted by Gasteiger charge is -2.11. The Bertz CT molecular complexity index is 428. The molecule has 0 spiro atoms. The zero-order chi connectivity index (χ0) is 13.7. The van der Waals surface area contributed by atoms with Crippen molar-refractivity contribution in [2.24, 2.45) is 0 Å². The molecule has 0 aromatic heterocycles. The van der Waals surface area contributed by atoms with Crippen LogP contribution < -0.4 is 11.1 Å². The van der Waals surface area contributed by atoms with Crippen LogP contribution in [0.25, 0.3) is 0 Å². The number of nitrogens with one attached hydrogen (secondary N) is 1. The molecule has 0 aliphatic rings. The molecule has 1 amide bonds. The maximum atomic E-state index is 12.0. The normalized spacial score (nSPS) is 10.7. The molecule has 0 atom stereocenters. The van der Waals surface area contributed by atoms with Crippen LogP contribution in [0.3, 0.4) is 0 Å². The minimum atomic E-state index is -0.105. The molecular weight excluding hydrogens is 228 g/mol. The molecule has 0 radical (unpaired) electrons. The molecule has 3 N–H and O–H groups in total. The second-order valence-electron chi connectivity index (χ2n) is 4.70. The first-order valence-electron chi connectivity index (χ1n) is 6.18. The predicted octanol–water partition coefficient (Wildman–Crippen LogP) is 2.04. The van der Waals surface area contributed by atoms with Crippen LogP contribution in [-0.2, 0) is 4.74 Å². The van der Waals surface area contributed by atoms with Crippen molar-refractivity contribution in [2.45, 2.75) is 33.8 Å². The summed E-state index contributed by atoms with van der Waals surface area (Å²) < 4.78 is 5.36. The number of amides is 1. The fourth-order valence-corrected chi connectivity index (χ4v) is 1.67. The number of nitrogen functional groups attached to an aromatic ring is 1. The summed E-state index contributed by atoms with van der Waals surface area (Å²) in [5, 5.41) is 2.82. The summed E-state index contributed by atoms with van der Waals surface area (Å²) in [7, 11) is 0. The number of carbonyl (C=O) groups is 1. The molecule has 1 aromatic carbocycles. The summed E-state index contributed by atoms with van der Waals surface area (Å²) in [6, 6.07) is 3.65.